The Hall–Kier alpha value is -1.81. The van der Waals surface area contributed by atoms with E-state index >= 15 is 0 Å². The van der Waals surface area contributed by atoms with E-state index < -0.39 is 6.10 Å². The lowest BCUT2D eigenvalue weighted by molar-refractivity contribution is 0.110. The van der Waals surface area contributed by atoms with Gasteiger partial charge < -0.3 is 20.5 Å². The van der Waals surface area contributed by atoms with E-state index in [-0.39, 0.29) is 30.6 Å². The Balaban J connectivity index is 0.00000392. The Kier molecular flexibility index (Phi) is 10.3. The van der Waals surface area contributed by atoms with Crippen molar-refractivity contribution in [3.63, 3.8) is 0 Å². The maximum absolute atomic E-state index is 10.2. The largest absolute Gasteiger partial charge is 0.491 e. The fourth-order valence-electron chi connectivity index (χ4n) is 2.72. The lowest BCUT2D eigenvalue weighted by Crippen LogP contribution is -2.42. The first-order valence-electron chi connectivity index (χ1n) is 9.29. The van der Waals surface area contributed by atoms with Crippen LogP contribution < -0.4 is 15.4 Å². The van der Waals surface area contributed by atoms with E-state index in [1.807, 2.05) is 63.7 Å². The zero-order valence-corrected chi connectivity index (χ0v) is 19.7. The molecule has 1 atom stereocenters. The number of hydrogen-bond donors (Lipinski definition) is 3. The van der Waals surface area contributed by atoms with E-state index in [0.717, 1.165) is 34.8 Å². The number of halogens is 1. The second kappa shape index (κ2) is 11.9. The molecule has 2 aromatic rings. The first-order valence-corrected chi connectivity index (χ1v) is 9.29. The second-order valence-electron chi connectivity index (χ2n) is 6.63. The Morgan fingerprint density at radius 2 is 2.04 bits per heavy atom. The molecule has 1 unspecified atom stereocenters. The maximum atomic E-state index is 10.2. The summed E-state index contributed by atoms with van der Waals surface area (Å²) in [6.45, 7) is 9.90. The van der Waals surface area contributed by atoms with E-state index in [9.17, 15) is 5.11 Å². The van der Waals surface area contributed by atoms with Crippen molar-refractivity contribution in [3.8, 4) is 5.75 Å². The number of hydrogen-bond acceptors (Lipinski definition) is 4. The lowest BCUT2D eigenvalue weighted by Gasteiger charge is -2.16. The van der Waals surface area contributed by atoms with E-state index in [1.54, 1.807) is 0 Å². The van der Waals surface area contributed by atoms with Crippen molar-refractivity contribution in [3.05, 3.63) is 46.8 Å². The van der Waals surface area contributed by atoms with Crippen molar-refractivity contribution in [1.82, 2.24) is 20.4 Å². The Morgan fingerprint density at radius 3 is 2.64 bits per heavy atom. The summed E-state index contributed by atoms with van der Waals surface area (Å²) < 4.78 is 7.51. The third kappa shape index (κ3) is 7.31. The first-order chi connectivity index (χ1) is 12.9. The van der Waals surface area contributed by atoms with Gasteiger partial charge in [-0.1, -0.05) is 12.1 Å². The van der Waals surface area contributed by atoms with E-state index in [1.165, 1.54) is 0 Å². The molecule has 0 spiro atoms. The van der Waals surface area contributed by atoms with Gasteiger partial charge in [0.25, 0.3) is 0 Å². The van der Waals surface area contributed by atoms with Crippen LogP contribution in [-0.4, -0.2) is 46.6 Å². The molecular formula is C20H32IN5O2. The van der Waals surface area contributed by atoms with E-state index in [0.29, 0.717) is 19.0 Å². The molecule has 0 aliphatic carbocycles. The fourth-order valence-corrected chi connectivity index (χ4v) is 2.72. The Morgan fingerprint density at radius 1 is 1.29 bits per heavy atom. The number of guanidine groups is 1. The summed E-state index contributed by atoms with van der Waals surface area (Å²) in [7, 11) is 1.93. The highest BCUT2D eigenvalue weighted by Crippen LogP contribution is 2.13. The van der Waals surface area contributed by atoms with Crippen LogP contribution in [0.3, 0.4) is 0 Å². The number of nitrogens with one attached hydrogen (secondary N) is 2. The lowest BCUT2D eigenvalue weighted by atomic mass is 10.2. The van der Waals surface area contributed by atoms with E-state index in [4.69, 9.17) is 4.74 Å². The number of aliphatic hydroxyl groups is 1. The van der Waals surface area contributed by atoms with Gasteiger partial charge in [0.15, 0.2) is 5.96 Å². The molecule has 0 fully saturated rings. The van der Waals surface area contributed by atoms with Crippen molar-refractivity contribution in [2.24, 2.45) is 12.0 Å². The number of ether oxygens (including phenoxy) is 1. The molecule has 1 aromatic heterocycles. The number of nitrogens with zero attached hydrogens (tertiary/aromatic N) is 3. The standard InChI is InChI=1S/C20H31N5O2.HI/c1-6-21-20(23-12-19-15(3)24-25(5)16(19)4)22-11-17(26)13-27-18-9-7-8-14(2)10-18;/h7-10,17,26H,6,11-13H2,1-5H3,(H2,21,22,23);1H. The maximum Gasteiger partial charge on any atom is 0.191 e. The molecule has 0 aliphatic rings. The first kappa shape index (κ1) is 24.2. The highest BCUT2D eigenvalue weighted by molar-refractivity contribution is 14.0. The zero-order chi connectivity index (χ0) is 19.8. The van der Waals surface area contributed by atoms with Crippen LogP contribution >= 0.6 is 24.0 Å². The van der Waals surface area contributed by atoms with Gasteiger partial charge in [-0.2, -0.15) is 5.10 Å². The van der Waals surface area contributed by atoms with E-state index in [2.05, 4.69) is 20.7 Å². The van der Waals surface area contributed by atoms with Gasteiger partial charge in [-0.15, -0.1) is 24.0 Å². The number of aliphatic hydroxyl groups excluding tert-OH is 1. The van der Waals surface area contributed by atoms with Crippen LogP contribution in [0.5, 0.6) is 5.75 Å². The third-order valence-corrected chi connectivity index (χ3v) is 4.34. The predicted octanol–water partition coefficient (Wildman–Crippen LogP) is 2.46. The normalized spacial score (nSPS) is 12.3. The molecule has 156 valence electrons. The molecule has 28 heavy (non-hydrogen) atoms. The van der Waals surface area contributed by atoms with Crippen molar-refractivity contribution < 1.29 is 9.84 Å². The molecule has 1 aromatic carbocycles. The number of aromatic nitrogens is 2. The molecular weight excluding hydrogens is 469 g/mol. The number of benzene rings is 1. The van der Waals surface area contributed by atoms with Crippen molar-refractivity contribution in [2.45, 2.75) is 40.3 Å². The summed E-state index contributed by atoms with van der Waals surface area (Å²) in [6, 6.07) is 7.78. The van der Waals surface area contributed by atoms with Gasteiger partial charge in [0, 0.05) is 31.4 Å². The third-order valence-electron chi connectivity index (χ3n) is 4.34. The molecule has 2 rings (SSSR count). The number of aliphatic imine (C=N–C) groups is 1. The van der Waals surface area contributed by atoms with Gasteiger partial charge >= 0.3 is 0 Å². The molecule has 7 nitrogen and oxygen atoms in total. The van der Waals surface area contributed by atoms with Gasteiger partial charge in [-0.05, 0) is 45.4 Å². The molecule has 0 aliphatic heterocycles. The second-order valence-corrected chi connectivity index (χ2v) is 6.63. The smallest absolute Gasteiger partial charge is 0.191 e. The molecule has 0 saturated heterocycles. The van der Waals surface area contributed by atoms with Crippen LogP contribution in [0.2, 0.25) is 0 Å². The van der Waals surface area contributed by atoms with Gasteiger partial charge in [-0.3, -0.25) is 4.68 Å². The summed E-state index contributed by atoms with van der Waals surface area (Å²) in [5, 5.41) is 21.0. The molecule has 8 heteroatoms. The summed E-state index contributed by atoms with van der Waals surface area (Å²) in [4.78, 5) is 4.61. The molecule has 3 N–H and O–H groups in total. The minimum absolute atomic E-state index is 0. The topological polar surface area (TPSA) is 83.7 Å². The summed E-state index contributed by atoms with van der Waals surface area (Å²) >= 11 is 0. The Bertz CT molecular complexity index is 776. The zero-order valence-electron chi connectivity index (χ0n) is 17.3. The van der Waals surface area contributed by atoms with Crippen LogP contribution in [0.1, 0.15) is 29.4 Å². The Labute approximate surface area is 184 Å². The number of aryl methyl sites for hydroxylation is 3. The summed E-state index contributed by atoms with van der Waals surface area (Å²) in [5.41, 5.74) is 4.35. The minimum Gasteiger partial charge on any atom is -0.491 e. The highest BCUT2D eigenvalue weighted by Gasteiger charge is 2.10. The molecule has 0 bridgehead atoms. The molecule has 0 radical (unpaired) electrons. The molecule has 0 saturated carbocycles. The van der Waals surface area contributed by atoms with Gasteiger partial charge in [0.1, 0.15) is 18.5 Å². The van der Waals surface area contributed by atoms with Gasteiger partial charge in [-0.25, -0.2) is 4.99 Å². The number of rotatable bonds is 8. The van der Waals surface area contributed by atoms with Crippen LogP contribution in [-0.2, 0) is 13.6 Å². The summed E-state index contributed by atoms with van der Waals surface area (Å²) in [6.07, 6.45) is -0.642. The van der Waals surface area contributed by atoms with Crippen LogP contribution in [0, 0.1) is 20.8 Å². The van der Waals surface area contributed by atoms with Crippen molar-refractivity contribution >= 4 is 29.9 Å². The monoisotopic (exact) mass is 501 g/mol. The van der Waals surface area contributed by atoms with Crippen LogP contribution in [0.25, 0.3) is 0 Å². The van der Waals surface area contributed by atoms with Gasteiger partial charge in [0.2, 0.25) is 0 Å². The van der Waals surface area contributed by atoms with Gasteiger partial charge in [0.05, 0.1) is 12.2 Å². The molecule has 1 heterocycles. The fraction of sp³-hybridized carbons (Fsp3) is 0.500. The quantitative estimate of drug-likeness (QED) is 0.294. The van der Waals surface area contributed by atoms with Crippen LogP contribution in [0.15, 0.2) is 29.3 Å². The van der Waals surface area contributed by atoms with Crippen molar-refractivity contribution in [1.29, 1.82) is 0 Å². The van der Waals surface area contributed by atoms with Crippen molar-refractivity contribution in [2.75, 3.05) is 19.7 Å². The SMILES string of the molecule is CCNC(=NCc1c(C)nn(C)c1C)NCC(O)COc1cccc(C)c1.I. The predicted molar refractivity (Wildman–Crippen MR) is 124 cm³/mol. The summed E-state index contributed by atoms with van der Waals surface area (Å²) in [5.74, 6) is 1.42. The average molecular weight is 501 g/mol. The highest BCUT2D eigenvalue weighted by atomic mass is 127. The van der Waals surface area contributed by atoms with Crippen LogP contribution in [0.4, 0.5) is 0 Å². The average Bonchev–Trinajstić information content (AvgIpc) is 2.87. The molecule has 0 amide bonds. The minimum atomic E-state index is -0.642.